The number of allylic oxidation sites excluding steroid dienone is 20. The maximum Gasteiger partial charge on any atom is 0.306 e. The Bertz CT molecular complexity index is 1320. The Morgan fingerprint density at radius 1 is 0.359 bits per heavy atom. The van der Waals surface area contributed by atoms with Crippen LogP contribution in [-0.2, 0) is 23.8 Å². The first-order valence-corrected chi connectivity index (χ1v) is 26.1. The van der Waals surface area contributed by atoms with Gasteiger partial charge in [0.1, 0.15) is 6.61 Å². The average Bonchev–Trinajstić information content (AvgIpc) is 3.30. The van der Waals surface area contributed by atoms with Gasteiger partial charge in [-0.05, 0) is 128 Å². The number of esters is 2. The van der Waals surface area contributed by atoms with E-state index < -0.39 is 6.10 Å². The molecule has 0 aliphatic rings. The Morgan fingerprint density at radius 2 is 0.703 bits per heavy atom. The summed E-state index contributed by atoms with van der Waals surface area (Å²) in [6.45, 7) is 7.42. The van der Waals surface area contributed by atoms with Crippen LogP contribution >= 0.6 is 0 Å². The molecule has 0 radical (unpaired) electrons. The van der Waals surface area contributed by atoms with Gasteiger partial charge in [0.15, 0.2) is 6.10 Å². The van der Waals surface area contributed by atoms with Crippen molar-refractivity contribution < 1.29 is 23.8 Å². The van der Waals surface area contributed by atoms with Crippen LogP contribution in [0.3, 0.4) is 0 Å². The normalized spacial score (nSPS) is 13.2. The van der Waals surface area contributed by atoms with Gasteiger partial charge in [-0.3, -0.25) is 9.59 Å². The molecule has 0 bridgehead atoms. The lowest BCUT2D eigenvalue weighted by atomic mass is 10.1. The Labute approximate surface area is 395 Å². The molecule has 0 aromatic carbocycles. The van der Waals surface area contributed by atoms with Gasteiger partial charge in [-0.2, -0.15) is 0 Å². The van der Waals surface area contributed by atoms with Crippen LogP contribution in [-0.4, -0.2) is 37.9 Å². The van der Waals surface area contributed by atoms with E-state index in [4.69, 9.17) is 14.2 Å². The highest BCUT2D eigenvalue weighted by molar-refractivity contribution is 5.70. The third kappa shape index (κ3) is 50.9. The summed E-state index contributed by atoms with van der Waals surface area (Å²) in [7, 11) is 0. The predicted octanol–water partition coefficient (Wildman–Crippen LogP) is 17.8. The molecule has 0 heterocycles. The minimum Gasteiger partial charge on any atom is -0.462 e. The number of rotatable bonds is 46. The zero-order valence-corrected chi connectivity index (χ0v) is 41.5. The van der Waals surface area contributed by atoms with Gasteiger partial charge in [0, 0.05) is 19.4 Å². The first-order valence-electron chi connectivity index (χ1n) is 26.1. The second kappa shape index (κ2) is 53.6. The number of unbranched alkanes of at least 4 members (excludes halogenated alkanes) is 15. The molecule has 0 saturated heterocycles. The van der Waals surface area contributed by atoms with Crippen LogP contribution in [0.4, 0.5) is 0 Å². The molecule has 0 aliphatic carbocycles. The van der Waals surface area contributed by atoms with Gasteiger partial charge in [-0.1, -0.05) is 194 Å². The summed E-state index contributed by atoms with van der Waals surface area (Å²) in [5.41, 5.74) is 0. The van der Waals surface area contributed by atoms with Gasteiger partial charge in [0.05, 0.1) is 6.61 Å². The van der Waals surface area contributed by atoms with Crippen molar-refractivity contribution in [1.82, 2.24) is 0 Å². The number of hydrogen-bond acceptors (Lipinski definition) is 5. The molecule has 0 saturated carbocycles. The molecule has 5 heteroatoms. The molecule has 0 aromatic rings. The van der Waals surface area contributed by atoms with Crippen molar-refractivity contribution in [3.63, 3.8) is 0 Å². The van der Waals surface area contributed by atoms with Crippen molar-refractivity contribution in [1.29, 1.82) is 0 Å². The second-order valence-corrected chi connectivity index (χ2v) is 16.7. The fraction of sp³-hybridized carbons (Fsp3) is 0.627. The van der Waals surface area contributed by atoms with Crippen molar-refractivity contribution in [3.05, 3.63) is 122 Å². The highest BCUT2D eigenvalue weighted by atomic mass is 16.6. The summed E-state index contributed by atoms with van der Waals surface area (Å²) in [5, 5.41) is 0. The molecular weight excluding hydrogens is 789 g/mol. The summed E-state index contributed by atoms with van der Waals surface area (Å²) in [6.07, 6.45) is 75.0. The fourth-order valence-corrected chi connectivity index (χ4v) is 6.64. The van der Waals surface area contributed by atoms with Gasteiger partial charge in [-0.15, -0.1) is 0 Å². The monoisotopic (exact) mass is 885 g/mol. The summed E-state index contributed by atoms with van der Waals surface area (Å²) in [5.74, 6) is -0.472. The molecule has 0 rings (SSSR count). The van der Waals surface area contributed by atoms with E-state index in [2.05, 4.69) is 142 Å². The van der Waals surface area contributed by atoms with E-state index in [0.29, 0.717) is 19.4 Å². The smallest absolute Gasteiger partial charge is 0.306 e. The number of hydrogen-bond donors (Lipinski definition) is 0. The summed E-state index contributed by atoms with van der Waals surface area (Å²) in [6, 6.07) is 0. The Hall–Kier alpha value is -3.70. The van der Waals surface area contributed by atoms with Crippen LogP contribution < -0.4 is 0 Å². The lowest BCUT2D eigenvalue weighted by molar-refractivity contribution is -0.163. The van der Waals surface area contributed by atoms with Crippen LogP contribution in [0.2, 0.25) is 0 Å². The van der Waals surface area contributed by atoms with Crippen molar-refractivity contribution in [2.45, 2.75) is 219 Å². The Kier molecular flexibility index (Phi) is 50.5. The van der Waals surface area contributed by atoms with Crippen LogP contribution in [0.15, 0.2) is 122 Å². The van der Waals surface area contributed by atoms with E-state index in [1.165, 1.54) is 51.4 Å². The van der Waals surface area contributed by atoms with Gasteiger partial charge in [-0.25, -0.2) is 0 Å². The molecule has 0 aliphatic heterocycles. The highest BCUT2D eigenvalue weighted by Crippen LogP contribution is 2.12. The summed E-state index contributed by atoms with van der Waals surface area (Å²) < 4.78 is 17.3. The van der Waals surface area contributed by atoms with Crippen LogP contribution in [0, 0.1) is 0 Å². The molecule has 0 aromatic heterocycles. The van der Waals surface area contributed by atoms with E-state index in [1.807, 2.05) is 0 Å². The molecule has 1 unspecified atom stereocenters. The first kappa shape index (κ1) is 60.3. The Morgan fingerprint density at radius 3 is 1.14 bits per heavy atom. The van der Waals surface area contributed by atoms with Crippen molar-refractivity contribution in [3.8, 4) is 0 Å². The molecule has 0 spiro atoms. The zero-order valence-electron chi connectivity index (χ0n) is 41.5. The molecule has 0 fully saturated rings. The van der Waals surface area contributed by atoms with Gasteiger partial charge in [0.2, 0.25) is 0 Å². The fourth-order valence-electron chi connectivity index (χ4n) is 6.64. The standard InChI is InChI=1S/C59H96O5/c1-4-7-10-13-16-19-22-25-27-29-31-33-36-39-42-45-48-51-54-62-55-57(64-59(61)53-50-47-44-41-38-34-24-21-18-15-12-9-6-3)56-63-58(60)52-49-46-43-40-37-35-32-30-28-26-23-20-17-14-11-8-5-2/h7,9-10,12,16-21,25-28,31,33-34,38-39,42,57H,4-6,8,11,13-15,22-24,29-30,32,35-37,40-41,43-56H2,1-3H3/b10-7-,12-9-,19-16-,20-17-,21-18-,27-25-,28-26-,33-31-,38-34-,42-39-. The quantitative estimate of drug-likeness (QED) is 0.0346. The van der Waals surface area contributed by atoms with Gasteiger partial charge in [0.25, 0.3) is 0 Å². The summed E-state index contributed by atoms with van der Waals surface area (Å²) >= 11 is 0. The SMILES string of the molecule is CC/C=C\C/C=C\C/C=C\C/C=C\C/C=C\CCCCOCC(COC(=O)CCCCCCCCC/C=C\C/C=C\CCCCC)OC(=O)CCCCC/C=C\C/C=C\C/C=C\CC. The first-order chi connectivity index (χ1) is 31.6. The average molecular weight is 885 g/mol. The summed E-state index contributed by atoms with van der Waals surface area (Å²) in [4.78, 5) is 25.4. The van der Waals surface area contributed by atoms with Crippen molar-refractivity contribution in [2.75, 3.05) is 19.8 Å². The van der Waals surface area contributed by atoms with E-state index >= 15 is 0 Å². The topological polar surface area (TPSA) is 61.8 Å². The number of ether oxygens (including phenoxy) is 3. The van der Waals surface area contributed by atoms with Crippen molar-refractivity contribution in [2.24, 2.45) is 0 Å². The van der Waals surface area contributed by atoms with Gasteiger partial charge >= 0.3 is 11.9 Å². The molecule has 1 atom stereocenters. The molecule has 0 amide bonds. The van der Waals surface area contributed by atoms with Gasteiger partial charge < -0.3 is 14.2 Å². The molecule has 0 N–H and O–H groups in total. The van der Waals surface area contributed by atoms with Crippen LogP contribution in [0.1, 0.15) is 213 Å². The number of carbonyl (C=O) groups excluding carboxylic acids is 2. The Balaban J connectivity index is 4.42. The molecular formula is C59H96O5. The zero-order chi connectivity index (χ0) is 46.3. The van der Waals surface area contributed by atoms with Crippen molar-refractivity contribution >= 4 is 11.9 Å². The highest BCUT2D eigenvalue weighted by Gasteiger charge is 2.17. The second-order valence-electron chi connectivity index (χ2n) is 16.7. The van der Waals surface area contributed by atoms with E-state index in [1.54, 1.807) is 0 Å². The third-order valence-corrected chi connectivity index (χ3v) is 10.5. The van der Waals surface area contributed by atoms with Crippen LogP contribution in [0.5, 0.6) is 0 Å². The lowest BCUT2D eigenvalue weighted by Crippen LogP contribution is -2.30. The molecule has 362 valence electrons. The van der Waals surface area contributed by atoms with Crippen LogP contribution in [0.25, 0.3) is 0 Å². The lowest BCUT2D eigenvalue weighted by Gasteiger charge is -2.18. The van der Waals surface area contributed by atoms with E-state index in [-0.39, 0.29) is 25.2 Å². The minimum atomic E-state index is -0.585. The largest absolute Gasteiger partial charge is 0.462 e. The van der Waals surface area contributed by atoms with E-state index in [9.17, 15) is 9.59 Å². The molecule has 64 heavy (non-hydrogen) atoms. The van der Waals surface area contributed by atoms with E-state index in [0.717, 1.165) is 128 Å². The molecule has 5 nitrogen and oxygen atoms in total. The maximum atomic E-state index is 12.8. The number of carbonyl (C=O) groups is 2. The minimum absolute atomic E-state index is 0.0441. The predicted molar refractivity (Wildman–Crippen MR) is 279 cm³/mol. The maximum absolute atomic E-state index is 12.8. The third-order valence-electron chi connectivity index (χ3n) is 10.5.